The summed E-state index contributed by atoms with van der Waals surface area (Å²) in [7, 11) is 0. The molecule has 2 aromatic rings. The van der Waals surface area contributed by atoms with Gasteiger partial charge in [-0.15, -0.1) is 0 Å². The van der Waals surface area contributed by atoms with Crippen molar-refractivity contribution in [2.24, 2.45) is 16.8 Å². The van der Waals surface area contributed by atoms with Crippen molar-refractivity contribution in [2.75, 3.05) is 13.2 Å². The summed E-state index contributed by atoms with van der Waals surface area (Å²) in [5, 5.41) is 4.16. The molecule has 6 nitrogen and oxygen atoms in total. The maximum absolute atomic E-state index is 10.5. The van der Waals surface area contributed by atoms with Crippen LogP contribution in [-0.4, -0.2) is 24.7 Å². The maximum atomic E-state index is 10.5. The summed E-state index contributed by atoms with van der Waals surface area (Å²) < 4.78 is 4.83. The fraction of sp³-hybridized carbons (Fsp3) is 0.333. The van der Waals surface area contributed by atoms with E-state index in [1.54, 1.807) is 13.0 Å². The van der Waals surface area contributed by atoms with Gasteiger partial charge in [0.2, 0.25) is 0 Å². The van der Waals surface area contributed by atoms with Crippen LogP contribution in [0, 0.1) is 0 Å². The number of carbonyl (C=O) groups is 1. The Hall–Kier alpha value is -2.80. The fourth-order valence-corrected chi connectivity index (χ4v) is 2.43. The number of hydrazine groups is 1. The van der Waals surface area contributed by atoms with Crippen molar-refractivity contribution in [1.82, 2.24) is 5.43 Å². The molecule has 1 heterocycles. The lowest BCUT2D eigenvalue weighted by Crippen LogP contribution is -2.09. The van der Waals surface area contributed by atoms with Crippen molar-refractivity contribution in [3.8, 4) is 0 Å². The van der Waals surface area contributed by atoms with Gasteiger partial charge in [-0.1, -0.05) is 66.7 Å². The molecule has 6 heteroatoms. The molecule has 0 aromatic heterocycles. The Morgan fingerprint density at radius 3 is 2.00 bits per heavy atom. The number of nitrogens with one attached hydrogen (secondary N) is 1. The third-order valence-electron chi connectivity index (χ3n) is 3.83. The number of ether oxygens (including phenoxy) is 1. The predicted molar refractivity (Wildman–Crippen MR) is 127 cm³/mol. The number of hydrazone groups is 1. The Kier molecular flexibility index (Phi) is 16.5. The Labute approximate surface area is 181 Å². The molecule has 30 heavy (non-hydrogen) atoms. The number of hydrogen-bond acceptors (Lipinski definition) is 6. The summed E-state index contributed by atoms with van der Waals surface area (Å²) in [4.78, 5) is 10.5. The first kappa shape index (κ1) is 27.2. The topological polar surface area (TPSA) is 103 Å². The average Bonchev–Trinajstić information content (AvgIpc) is 3.23. The van der Waals surface area contributed by atoms with E-state index in [1.807, 2.05) is 56.3 Å². The smallest absolute Gasteiger partial charge is 0.152 e. The highest BCUT2D eigenvalue weighted by atomic mass is 16.5. The molecule has 2 aromatic carbocycles. The second-order valence-corrected chi connectivity index (χ2v) is 6.28. The molecule has 0 bridgehead atoms. The average molecular weight is 413 g/mol. The maximum Gasteiger partial charge on any atom is 0.152 e. The first-order valence-corrected chi connectivity index (χ1v) is 10.0. The lowest BCUT2D eigenvalue weighted by Gasteiger charge is -2.08. The molecule has 0 aliphatic carbocycles. The van der Waals surface area contributed by atoms with Crippen LogP contribution in [0.15, 0.2) is 71.8 Å². The third kappa shape index (κ3) is 13.4. The SMILES string of the molecule is CC(=O)/C=C/c1ccccc1.CC1=NNC(c2ccccc2)C1.CCOCC.NN. The first-order valence-electron chi connectivity index (χ1n) is 10.0. The number of benzene rings is 2. The minimum absolute atomic E-state index is 0.0776. The van der Waals surface area contributed by atoms with Gasteiger partial charge in [0.1, 0.15) is 0 Å². The van der Waals surface area contributed by atoms with E-state index < -0.39 is 0 Å². The number of hydrogen-bond donors (Lipinski definition) is 3. The van der Waals surface area contributed by atoms with E-state index in [0.717, 1.165) is 25.2 Å². The molecule has 164 valence electrons. The highest BCUT2D eigenvalue weighted by Gasteiger charge is 2.16. The van der Waals surface area contributed by atoms with Gasteiger partial charge in [-0.25, -0.2) is 0 Å². The Balaban J connectivity index is 0.000000434. The molecule has 3 rings (SSSR count). The normalized spacial score (nSPS) is 14.1. The van der Waals surface area contributed by atoms with Crippen molar-refractivity contribution in [3.63, 3.8) is 0 Å². The predicted octanol–water partition coefficient (Wildman–Crippen LogP) is 4.25. The lowest BCUT2D eigenvalue weighted by atomic mass is 10.0. The van der Waals surface area contributed by atoms with E-state index in [9.17, 15) is 4.79 Å². The molecule has 5 N–H and O–H groups in total. The van der Waals surface area contributed by atoms with Crippen molar-refractivity contribution < 1.29 is 9.53 Å². The van der Waals surface area contributed by atoms with Gasteiger partial charge >= 0.3 is 0 Å². The highest BCUT2D eigenvalue weighted by Crippen LogP contribution is 2.20. The van der Waals surface area contributed by atoms with Crippen molar-refractivity contribution in [2.45, 2.75) is 40.2 Å². The summed E-state index contributed by atoms with van der Waals surface area (Å²) in [5.74, 6) is 8.08. The molecule has 0 fully saturated rings. The molecule has 0 saturated carbocycles. The molecular weight excluding hydrogens is 376 g/mol. The van der Waals surface area contributed by atoms with E-state index in [-0.39, 0.29) is 5.78 Å². The van der Waals surface area contributed by atoms with Crippen LogP contribution >= 0.6 is 0 Å². The number of nitrogens with zero attached hydrogens (tertiary/aromatic N) is 1. The highest BCUT2D eigenvalue weighted by molar-refractivity contribution is 5.91. The van der Waals surface area contributed by atoms with Crippen LogP contribution in [0.5, 0.6) is 0 Å². The third-order valence-corrected chi connectivity index (χ3v) is 3.83. The quantitative estimate of drug-likeness (QED) is 0.387. The van der Waals surface area contributed by atoms with E-state index >= 15 is 0 Å². The lowest BCUT2D eigenvalue weighted by molar-refractivity contribution is -0.112. The van der Waals surface area contributed by atoms with Crippen LogP contribution in [0.25, 0.3) is 6.08 Å². The van der Waals surface area contributed by atoms with Crippen LogP contribution in [0.1, 0.15) is 51.3 Å². The van der Waals surface area contributed by atoms with E-state index in [4.69, 9.17) is 4.74 Å². The van der Waals surface area contributed by atoms with Crippen molar-refractivity contribution in [3.05, 3.63) is 77.9 Å². The molecule has 1 atom stereocenters. The van der Waals surface area contributed by atoms with Gasteiger partial charge in [-0.05, 0) is 44.9 Å². The molecule has 0 radical (unpaired) electrons. The molecule has 0 saturated heterocycles. The molecule has 1 aliphatic heterocycles. The summed E-state index contributed by atoms with van der Waals surface area (Å²) in [6, 6.07) is 20.6. The van der Waals surface area contributed by atoms with E-state index in [1.165, 1.54) is 11.3 Å². The van der Waals surface area contributed by atoms with Gasteiger partial charge < -0.3 is 10.2 Å². The number of nitrogens with two attached hydrogens (primary N) is 2. The van der Waals surface area contributed by atoms with Crippen molar-refractivity contribution in [1.29, 1.82) is 0 Å². The number of carbonyl (C=O) groups excluding carboxylic acids is 1. The van der Waals surface area contributed by atoms with E-state index in [0.29, 0.717) is 6.04 Å². The minimum Gasteiger partial charge on any atom is -0.382 e. The first-order chi connectivity index (χ1) is 14.6. The second-order valence-electron chi connectivity index (χ2n) is 6.28. The second kappa shape index (κ2) is 18.2. The zero-order valence-electron chi connectivity index (χ0n) is 18.5. The minimum atomic E-state index is 0.0776. The van der Waals surface area contributed by atoms with Crippen LogP contribution in [0.4, 0.5) is 0 Å². The Bertz CT molecular complexity index is 729. The van der Waals surface area contributed by atoms with Crippen LogP contribution in [0.3, 0.4) is 0 Å². The summed E-state index contributed by atoms with van der Waals surface area (Å²) >= 11 is 0. The van der Waals surface area contributed by atoms with Gasteiger partial charge in [0.15, 0.2) is 5.78 Å². The summed E-state index contributed by atoms with van der Waals surface area (Å²) in [6.07, 6.45) is 4.40. The van der Waals surface area contributed by atoms with Gasteiger partial charge in [-0.2, -0.15) is 5.10 Å². The molecule has 0 amide bonds. The monoisotopic (exact) mass is 412 g/mol. The molecule has 1 unspecified atom stereocenters. The largest absolute Gasteiger partial charge is 0.382 e. The summed E-state index contributed by atoms with van der Waals surface area (Å²) in [6.45, 7) is 9.26. The number of allylic oxidation sites excluding steroid dienone is 1. The molecule has 0 spiro atoms. The molecule has 1 aliphatic rings. The summed E-state index contributed by atoms with van der Waals surface area (Å²) in [5.41, 5.74) is 6.67. The van der Waals surface area contributed by atoms with Crippen molar-refractivity contribution >= 4 is 17.6 Å². The number of rotatable bonds is 5. The van der Waals surface area contributed by atoms with E-state index in [2.05, 4.69) is 53.4 Å². The van der Waals surface area contributed by atoms with Gasteiger partial charge in [-0.3, -0.25) is 16.5 Å². The zero-order valence-corrected chi connectivity index (χ0v) is 18.5. The standard InChI is InChI=1S/C10H12N2.C10H10O.C4H10O.H4N2/c1-8-7-10(12-11-8)9-5-3-2-4-6-9;1-9(11)7-8-10-5-3-2-4-6-10;1-3-5-4-2;1-2/h2-6,10,12H,7H2,1H3;2-8H,1H3;3-4H2,1-2H3;1-2H2/b;8-7+;;. The zero-order chi connectivity index (χ0) is 22.6. The fourth-order valence-electron chi connectivity index (χ4n) is 2.43. The van der Waals surface area contributed by atoms with Gasteiger partial charge in [0.05, 0.1) is 6.04 Å². The molecular formula is C24H36N4O2. The van der Waals surface area contributed by atoms with Crippen LogP contribution in [-0.2, 0) is 9.53 Å². The Morgan fingerprint density at radius 1 is 1.07 bits per heavy atom. The van der Waals surface area contributed by atoms with Gasteiger partial charge in [0.25, 0.3) is 0 Å². The Morgan fingerprint density at radius 2 is 1.60 bits per heavy atom. The van der Waals surface area contributed by atoms with Crippen LogP contribution in [0.2, 0.25) is 0 Å². The van der Waals surface area contributed by atoms with Gasteiger partial charge in [0, 0.05) is 25.3 Å². The number of ketones is 1. The van der Waals surface area contributed by atoms with Crippen LogP contribution < -0.4 is 17.1 Å².